The summed E-state index contributed by atoms with van der Waals surface area (Å²) in [5.41, 5.74) is 0. The monoisotopic (exact) mass is 271 g/mol. The number of carbonyl (C=O) groups is 1. The van der Waals surface area contributed by atoms with Crippen LogP contribution in [0.4, 0.5) is 0 Å². The standard InChI is InChI=1S/C13H21NO3S/c1-9-4-5-11(17-9)6-7-13(16)14-10(2)12(8-15)18-3/h4-5,10,12,15H,6-8H2,1-3H3,(H,14,16)/t10-,12+/m1/s1. The zero-order valence-corrected chi connectivity index (χ0v) is 11.9. The molecule has 4 nitrogen and oxygen atoms in total. The zero-order chi connectivity index (χ0) is 13.5. The number of hydrogen-bond acceptors (Lipinski definition) is 4. The van der Waals surface area contributed by atoms with Gasteiger partial charge >= 0.3 is 0 Å². The lowest BCUT2D eigenvalue weighted by molar-refractivity contribution is -0.121. The van der Waals surface area contributed by atoms with Crippen molar-refractivity contribution in [2.24, 2.45) is 0 Å². The lowest BCUT2D eigenvalue weighted by Crippen LogP contribution is -2.41. The first-order valence-electron chi connectivity index (χ1n) is 6.05. The van der Waals surface area contributed by atoms with Crippen molar-refractivity contribution >= 4 is 17.7 Å². The first-order chi connectivity index (χ1) is 8.56. The van der Waals surface area contributed by atoms with E-state index in [-0.39, 0.29) is 23.8 Å². The Morgan fingerprint density at radius 1 is 1.56 bits per heavy atom. The van der Waals surface area contributed by atoms with Gasteiger partial charge in [0.1, 0.15) is 11.5 Å². The van der Waals surface area contributed by atoms with Gasteiger partial charge in [0, 0.05) is 24.1 Å². The van der Waals surface area contributed by atoms with Crippen LogP contribution in [0, 0.1) is 6.92 Å². The number of carbonyl (C=O) groups excluding carboxylic acids is 1. The van der Waals surface area contributed by atoms with Crippen LogP contribution < -0.4 is 5.32 Å². The largest absolute Gasteiger partial charge is 0.466 e. The smallest absolute Gasteiger partial charge is 0.220 e. The third-order valence-electron chi connectivity index (χ3n) is 2.82. The van der Waals surface area contributed by atoms with Crippen LogP contribution in [-0.4, -0.2) is 35.2 Å². The molecular weight excluding hydrogens is 250 g/mol. The first kappa shape index (κ1) is 15.1. The second-order valence-corrected chi connectivity index (χ2v) is 5.40. The van der Waals surface area contributed by atoms with Gasteiger partial charge < -0.3 is 14.8 Å². The molecule has 18 heavy (non-hydrogen) atoms. The van der Waals surface area contributed by atoms with Crippen molar-refractivity contribution in [1.82, 2.24) is 5.32 Å². The Labute approximate surface area is 112 Å². The summed E-state index contributed by atoms with van der Waals surface area (Å²) in [5, 5.41) is 12.1. The number of rotatable bonds is 7. The van der Waals surface area contributed by atoms with E-state index >= 15 is 0 Å². The minimum Gasteiger partial charge on any atom is -0.466 e. The van der Waals surface area contributed by atoms with Crippen molar-refractivity contribution in [1.29, 1.82) is 0 Å². The highest BCUT2D eigenvalue weighted by atomic mass is 32.2. The molecule has 0 spiro atoms. The Morgan fingerprint density at radius 3 is 2.78 bits per heavy atom. The number of aryl methyl sites for hydroxylation is 2. The van der Waals surface area contributed by atoms with Crippen molar-refractivity contribution in [2.75, 3.05) is 12.9 Å². The second-order valence-electron chi connectivity index (χ2n) is 4.33. The maximum Gasteiger partial charge on any atom is 0.220 e. The SMILES string of the molecule is CS[C@@H](CO)[C@@H](C)NC(=O)CCc1ccc(C)o1. The summed E-state index contributed by atoms with van der Waals surface area (Å²) in [6.07, 6.45) is 2.94. The molecule has 1 amide bonds. The molecule has 0 aliphatic rings. The third-order valence-corrected chi connectivity index (χ3v) is 3.99. The van der Waals surface area contributed by atoms with Gasteiger partial charge in [0.25, 0.3) is 0 Å². The number of aliphatic hydroxyl groups excluding tert-OH is 1. The first-order valence-corrected chi connectivity index (χ1v) is 7.34. The van der Waals surface area contributed by atoms with Crippen LogP contribution in [-0.2, 0) is 11.2 Å². The number of amides is 1. The summed E-state index contributed by atoms with van der Waals surface area (Å²) < 4.78 is 5.40. The van der Waals surface area contributed by atoms with Gasteiger partial charge in [0.2, 0.25) is 5.91 Å². The molecule has 0 unspecified atom stereocenters. The summed E-state index contributed by atoms with van der Waals surface area (Å²) in [4.78, 5) is 11.7. The molecule has 1 aromatic rings. The van der Waals surface area contributed by atoms with Gasteiger partial charge in [-0.05, 0) is 32.2 Å². The van der Waals surface area contributed by atoms with Crippen LogP contribution in [0.5, 0.6) is 0 Å². The van der Waals surface area contributed by atoms with Gasteiger partial charge in [0.05, 0.1) is 6.61 Å². The van der Waals surface area contributed by atoms with Gasteiger partial charge in [0.15, 0.2) is 0 Å². The minimum atomic E-state index is -0.0316. The molecule has 1 rings (SSSR count). The summed E-state index contributed by atoms with van der Waals surface area (Å²) in [6, 6.07) is 3.76. The molecule has 1 heterocycles. The highest BCUT2D eigenvalue weighted by Gasteiger charge is 2.17. The lowest BCUT2D eigenvalue weighted by Gasteiger charge is -2.21. The molecular formula is C13H21NO3S. The van der Waals surface area contributed by atoms with Crippen LogP contribution in [0.2, 0.25) is 0 Å². The zero-order valence-electron chi connectivity index (χ0n) is 11.1. The van der Waals surface area contributed by atoms with E-state index in [0.717, 1.165) is 11.5 Å². The molecule has 0 saturated carbocycles. The van der Waals surface area contributed by atoms with Crippen LogP contribution >= 0.6 is 11.8 Å². The fourth-order valence-electron chi connectivity index (χ4n) is 1.71. The minimum absolute atomic E-state index is 0.0101. The fourth-order valence-corrected chi connectivity index (χ4v) is 2.34. The maximum absolute atomic E-state index is 11.7. The summed E-state index contributed by atoms with van der Waals surface area (Å²) >= 11 is 1.55. The number of furan rings is 1. The molecule has 0 aliphatic heterocycles. The third kappa shape index (κ3) is 4.74. The van der Waals surface area contributed by atoms with Gasteiger partial charge in [-0.1, -0.05) is 0 Å². The fraction of sp³-hybridized carbons (Fsp3) is 0.615. The molecule has 0 saturated heterocycles. The average Bonchev–Trinajstić information content (AvgIpc) is 2.74. The van der Waals surface area contributed by atoms with Crippen LogP contribution in [0.25, 0.3) is 0 Å². The molecule has 5 heteroatoms. The number of thioether (sulfide) groups is 1. The summed E-state index contributed by atoms with van der Waals surface area (Å²) in [6.45, 7) is 3.86. The van der Waals surface area contributed by atoms with E-state index in [0.29, 0.717) is 12.8 Å². The van der Waals surface area contributed by atoms with Gasteiger partial charge in [-0.15, -0.1) is 0 Å². The maximum atomic E-state index is 11.7. The molecule has 0 radical (unpaired) electrons. The lowest BCUT2D eigenvalue weighted by atomic mass is 10.2. The van der Waals surface area contributed by atoms with Crippen LogP contribution in [0.1, 0.15) is 24.9 Å². The van der Waals surface area contributed by atoms with Crippen molar-refractivity contribution in [3.05, 3.63) is 23.7 Å². The number of aliphatic hydroxyl groups is 1. The Morgan fingerprint density at radius 2 is 2.28 bits per heavy atom. The van der Waals surface area contributed by atoms with Gasteiger partial charge in [-0.25, -0.2) is 0 Å². The van der Waals surface area contributed by atoms with Gasteiger partial charge in [-0.2, -0.15) is 11.8 Å². The Hall–Kier alpha value is -0.940. The second kappa shape index (κ2) is 7.48. The number of hydrogen-bond donors (Lipinski definition) is 2. The molecule has 2 N–H and O–H groups in total. The Bertz CT molecular complexity index is 374. The Kier molecular flexibility index (Phi) is 6.29. The van der Waals surface area contributed by atoms with E-state index in [4.69, 9.17) is 9.52 Å². The average molecular weight is 271 g/mol. The van der Waals surface area contributed by atoms with E-state index in [1.807, 2.05) is 32.2 Å². The predicted octanol–water partition coefficient (Wildman–Crippen LogP) is 1.75. The quantitative estimate of drug-likeness (QED) is 0.793. The van der Waals surface area contributed by atoms with Crippen molar-refractivity contribution < 1.29 is 14.3 Å². The topological polar surface area (TPSA) is 62.5 Å². The molecule has 1 aromatic heterocycles. The Balaban J connectivity index is 2.33. The van der Waals surface area contributed by atoms with Crippen molar-refractivity contribution in [2.45, 2.75) is 38.0 Å². The number of nitrogens with one attached hydrogen (secondary N) is 1. The molecule has 102 valence electrons. The highest BCUT2D eigenvalue weighted by molar-refractivity contribution is 7.99. The predicted molar refractivity (Wildman–Crippen MR) is 73.8 cm³/mol. The van der Waals surface area contributed by atoms with Crippen LogP contribution in [0.3, 0.4) is 0 Å². The molecule has 0 aliphatic carbocycles. The molecule has 0 fully saturated rings. The van der Waals surface area contributed by atoms with Gasteiger partial charge in [-0.3, -0.25) is 4.79 Å². The van der Waals surface area contributed by atoms with Crippen molar-refractivity contribution in [3.8, 4) is 0 Å². The van der Waals surface area contributed by atoms with E-state index in [9.17, 15) is 4.79 Å². The van der Waals surface area contributed by atoms with E-state index < -0.39 is 0 Å². The van der Waals surface area contributed by atoms with Crippen LogP contribution in [0.15, 0.2) is 16.5 Å². The molecule has 2 atom stereocenters. The molecule has 0 bridgehead atoms. The molecule has 0 aromatic carbocycles. The van der Waals surface area contributed by atoms with E-state index in [2.05, 4.69) is 5.32 Å². The highest BCUT2D eigenvalue weighted by Crippen LogP contribution is 2.11. The van der Waals surface area contributed by atoms with Crippen molar-refractivity contribution in [3.63, 3.8) is 0 Å². The van der Waals surface area contributed by atoms with E-state index in [1.54, 1.807) is 11.8 Å². The summed E-state index contributed by atoms with van der Waals surface area (Å²) in [5.74, 6) is 1.68. The summed E-state index contributed by atoms with van der Waals surface area (Å²) in [7, 11) is 0. The van der Waals surface area contributed by atoms with E-state index in [1.165, 1.54) is 0 Å². The normalized spacial score (nSPS) is 14.2.